The molecule has 0 bridgehead atoms. The third kappa shape index (κ3) is 6.02. The highest BCUT2D eigenvalue weighted by atomic mass is 19.1. The Morgan fingerprint density at radius 2 is 2.15 bits per heavy atom. The van der Waals surface area contributed by atoms with E-state index >= 15 is 0 Å². The van der Waals surface area contributed by atoms with E-state index in [1.54, 1.807) is 12.1 Å². The fraction of sp³-hybridized carbons (Fsp3) is 0.533. The van der Waals surface area contributed by atoms with Crippen LogP contribution in [0.3, 0.4) is 0 Å². The van der Waals surface area contributed by atoms with Crippen LogP contribution in [0.1, 0.15) is 32.3 Å². The van der Waals surface area contributed by atoms with Crippen molar-refractivity contribution >= 4 is 5.91 Å². The van der Waals surface area contributed by atoms with Gasteiger partial charge < -0.3 is 15.4 Å². The van der Waals surface area contributed by atoms with Gasteiger partial charge in [0.25, 0.3) is 5.91 Å². The smallest absolute Gasteiger partial charge is 0.257 e. The van der Waals surface area contributed by atoms with Gasteiger partial charge in [0, 0.05) is 13.1 Å². The van der Waals surface area contributed by atoms with Crippen LogP contribution >= 0.6 is 0 Å². The first-order chi connectivity index (χ1) is 9.67. The van der Waals surface area contributed by atoms with Crippen LogP contribution in [0.4, 0.5) is 4.39 Å². The number of ether oxygens (including phenoxy) is 1. The maximum Gasteiger partial charge on any atom is 0.257 e. The van der Waals surface area contributed by atoms with Gasteiger partial charge in [-0.1, -0.05) is 26.3 Å². The lowest BCUT2D eigenvalue weighted by molar-refractivity contribution is -0.123. The Balaban J connectivity index is 2.42. The van der Waals surface area contributed by atoms with Gasteiger partial charge in [-0.05, 0) is 30.7 Å². The molecule has 0 aliphatic carbocycles. The third-order valence-corrected chi connectivity index (χ3v) is 2.79. The fourth-order valence-electron chi connectivity index (χ4n) is 1.64. The number of hydrogen-bond acceptors (Lipinski definition) is 3. The molecule has 2 N–H and O–H groups in total. The van der Waals surface area contributed by atoms with Gasteiger partial charge in [0.15, 0.2) is 18.2 Å². The minimum atomic E-state index is -0.443. The van der Waals surface area contributed by atoms with Crippen LogP contribution in [0.15, 0.2) is 18.2 Å². The van der Waals surface area contributed by atoms with Gasteiger partial charge in [-0.15, -0.1) is 0 Å². The minimum Gasteiger partial charge on any atom is -0.481 e. The normalized spacial score (nSPS) is 10.3. The summed E-state index contributed by atoms with van der Waals surface area (Å²) < 4.78 is 18.9. The van der Waals surface area contributed by atoms with Crippen LogP contribution in [-0.4, -0.2) is 25.6 Å². The molecule has 0 unspecified atom stereocenters. The number of benzene rings is 1. The monoisotopic (exact) mass is 282 g/mol. The first kappa shape index (κ1) is 16.4. The average molecular weight is 282 g/mol. The van der Waals surface area contributed by atoms with E-state index in [0.29, 0.717) is 13.1 Å². The lowest BCUT2D eigenvalue weighted by Crippen LogP contribution is -2.29. The van der Waals surface area contributed by atoms with Crippen molar-refractivity contribution in [2.24, 2.45) is 0 Å². The number of rotatable bonds is 9. The van der Waals surface area contributed by atoms with Crippen molar-refractivity contribution in [3.8, 4) is 5.75 Å². The molecule has 1 amide bonds. The molecule has 0 atom stereocenters. The van der Waals surface area contributed by atoms with Gasteiger partial charge in [0.2, 0.25) is 0 Å². The maximum atomic E-state index is 13.7. The molecule has 0 radical (unpaired) electrons. The Hall–Kier alpha value is -1.62. The molecule has 1 aromatic carbocycles. The topological polar surface area (TPSA) is 50.4 Å². The van der Waals surface area contributed by atoms with Crippen LogP contribution in [0, 0.1) is 5.82 Å². The second-order valence-corrected chi connectivity index (χ2v) is 4.54. The standard InChI is InChI=1S/C15H23FN2O2/c1-3-5-8-18-15(19)11-20-14-7-6-12(9-13(14)16)10-17-4-2/h6-7,9,17H,3-5,8,10-11H2,1-2H3,(H,18,19). The van der Waals surface area contributed by atoms with Crippen molar-refractivity contribution in [3.63, 3.8) is 0 Å². The lowest BCUT2D eigenvalue weighted by Gasteiger charge is -2.09. The molecule has 0 spiro atoms. The SMILES string of the molecule is CCCCNC(=O)COc1ccc(CNCC)cc1F. The van der Waals surface area contributed by atoms with Gasteiger partial charge in [-0.25, -0.2) is 4.39 Å². The van der Waals surface area contributed by atoms with E-state index in [9.17, 15) is 9.18 Å². The second-order valence-electron chi connectivity index (χ2n) is 4.54. The molecule has 0 aliphatic rings. The van der Waals surface area contributed by atoms with Gasteiger partial charge in [-0.3, -0.25) is 4.79 Å². The van der Waals surface area contributed by atoms with Crippen molar-refractivity contribution in [3.05, 3.63) is 29.6 Å². The van der Waals surface area contributed by atoms with E-state index in [1.807, 2.05) is 13.8 Å². The Bertz CT molecular complexity index is 424. The summed E-state index contributed by atoms with van der Waals surface area (Å²) in [4.78, 5) is 11.4. The van der Waals surface area contributed by atoms with Crippen molar-refractivity contribution < 1.29 is 13.9 Å². The number of unbranched alkanes of at least 4 members (excludes halogenated alkanes) is 1. The Morgan fingerprint density at radius 3 is 2.80 bits per heavy atom. The number of amides is 1. The summed E-state index contributed by atoms with van der Waals surface area (Å²) in [5, 5.41) is 5.83. The summed E-state index contributed by atoms with van der Waals surface area (Å²) in [7, 11) is 0. The minimum absolute atomic E-state index is 0.107. The largest absolute Gasteiger partial charge is 0.481 e. The summed E-state index contributed by atoms with van der Waals surface area (Å²) in [6.45, 7) is 5.96. The van der Waals surface area contributed by atoms with E-state index < -0.39 is 5.82 Å². The van der Waals surface area contributed by atoms with Crippen LogP contribution in [0.5, 0.6) is 5.75 Å². The van der Waals surface area contributed by atoms with Crippen LogP contribution in [-0.2, 0) is 11.3 Å². The summed E-state index contributed by atoms with van der Waals surface area (Å²) in [5.41, 5.74) is 0.851. The van der Waals surface area contributed by atoms with Crippen molar-refractivity contribution in [2.45, 2.75) is 33.2 Å². The molecule has 0 saturated heterocycles. The molecule has 5 heteroatoms. The van der Waals surface area contributed by atoms with E-state index in [-0.39, 0.29) is 18.3 Å². The fourth-order valence-corrected chi connectivity index (χ4v) is 1.64. The molecule has 1 rings (SSSR count). The number of carbonyl (C=O) groups excluding carboxylic acids is 1. The van der Waals surface area contributed by atoms with Gasteiger partial charge >= 0.3 is 0 Å². The molecule has 20 heavy (non-hydrogen) atoms. The zero-order chi connectivity index (χ0) is 14.8. The van der Waals surface area contributed by atoms with Crippen LogP contribution < -0.4 is 15.4 Å². The van der Waals surface area contributed by atoms with E-state index in [0.717, 1.165) is 24.9 Å². The molecule has 0 aromatic heterocycles. The quantitative estimate of drug-likeness (QED) is 0.683. The van der Waals surface area contributed by atoms with Gasteiger partial charge in [0.05, 0.1) is 0 Å². The summed E-state index contributed by atoms with van der Waals surface area (Å²) >= 11 is 0. The predicted octanol–water partition coefficient (Wildman–Crippen LogP) is 2.23. The average Bonchev–Trinajstić information content (AvgIpc) is 2.44. The zero-order valence-electron chi connectivity index (χ0n) is 12.2. The molecule has 0 fully saturated rings. The summed E-state index contributed by atoms with van der Waals surface area (Å²) in [6.07, 6.45) is 1.95. The Labute approximate surface area is 119 Å². The van der Waals surface area contributed by atoms with E-state index in [2.05, 4.69) is 10.6 Å². The highest BCUT2D eigenvalue weighted by molar-refractivity contribution is 5.77. The molecule has 0 aliphatic heterocycles. The number of hydrogen-bond donors (Lipinski definition) is 2. The number of carbonyl (C=O) groups is 1. The molecule has 0 saturated carbocycles. The molecular formula is C15H23FN2O2. The zero-order valence-corrected chi connectivity index (χ0v) is 12.2. The number of nitrogens with one attached hydrogen (secondary N) is 2. The third-order valence-electron chi connectivity index (χ3n) is 2.79. The summed E-state index contributed by atoms with van der Waals surface area (Å²) in [6, 6.07) is 4.77. The van der Waals surface area contributed by atoms with Gasteiger partial charge in [-0.2, -0.15) is 0 Å². The molecule has 0 heterocycles. The highest BCUT2D eigenvalue weighted by Gasteiger charge is 2.07. The Morgan fingerprint density at radius 1 is 1.35 bits per heavy atom. The van der Waals surface area contributed by atoms with Crippen LogP contribution in [0.25, 0.3) is 0 Å². The molecule has 4 nitrogen and oxygen atoms in total. The molecular weight excluding hydrogens is 259 g/mol. The highest BCUT2D eigenvalue weighted by Crippen LogP contribution is 2.18. The van der Waals surface area contributed by atoms with Crippen molar-refractivity contribution in [1.82, 2.24) is 10.6 Å². The Kier molecular flexibility index (Phi) is 7.65. The van der Waals surface area contributed by atoms with E-state index in [4.69, 9.17) is 4.74 Å². The first-order valence-electron chi connectivity index (χ1n) is 7.06. The summed E-state index contributed by atoms with van der Waals surface area (Å²) in [5.74, 6) is -0.563. The van der Waals surface area contributed by atoms with Gasteiger partial charge in [0.1, 0.15) is 0 Å². The maximum absolute atomic E-state index is 13.7. The van der Waals surface area contributed by atoms with Crippen molar-refractivity contribution in [2.75, 3.05) is 19.7 Å². The molecule has 112 valence electrons. The van der Waals surface area contributed by atoms with Crippen molar-refractivity contribution in [1.29, 1.82) is 0 Å². The first-order valence-corrected chi connectivity index (χ1v) is 7.06. The predicted molar refractivity (Wildman–Crippen MR) is 77.2 cm³/mol. The second kappa shape index (κ2) is 9.31. The molecule has 1 aromatic rings. The number of halogens is 1. The van der Waals surface area contributed by atoms with Crippen LogP contribution in [0.2, 0.25) is 0 Å². The lowest BCUT2D eigenvalue weighted by atomic mass is 10.2. The van der Waals surface area contributed by atoms with E-state index in [1.165, 1.54) is 6.07 Å².